The van der Waals surface area contributed by atoms with Gasteiger partial charge in [0.05, 0.1) is 23.1 Å². The SMILES string of the molecule is CNC(=O)[C@@H]1CN(c2ccc(C#N)c(C(F)(F)F)c2)C[C@H]1C1CCN(C(=O)c2cccc(C)n2)CC1. The number of aromatic nitrogens is 1. The largest absolute Gasteiger partial charge is 0.417 e. The van der Waals surface area contributed by atoms with E-state index in [0.29, 0.717) is 50.4 Å². The molecule has 2 atom stereocenters. The number of hydrogen-bond donors (Lipinski definition) is 1. The van der Waals surface area contributed by atoms with Crippen LogP contribution in [0.5, 0.6) is 0 Å². The lowest BCUT2D eigenvalue weighted by molar-refractivity contribution is -0.137. The van der Waals surface area contributed by atoms with Crippen LogP contribution in [0.2, 0.25) is 0 Å². The number of piperidine rings is 1. The van der Waals surface area contributed by atoms with Crippen LogP contribution in [0.25, 0.3) is 0 Å². The van der Waals surface area contributed by atoms with Gasteiger partial charge in [-0.15, -0.1) is 0 Å². The van der Waals surface area contributed by atoms with E-state index >= 15 is 0 Å². The van der Waals surface area contributed by atoms with Crippen LogP contribution in [0.1, 0.15) is 40.2 Å². The Balaban J connectivity index is 1.50. The number of nitrogens with zero attached hydrogens (tertiary/aromatic N) is 4. The van der Waals surface area contributed by atoms with Crippen molar-refractivity contribution in [2.45, 2.75) is 25.9 Å². The summed E-state index contributed by atoms with van der Waals surface area (Å²) in [5.74, 6) is -0.567. The number of amides is 2. The molecule has 1 aromatic carbocycles. The topological polar surface area (TPSA) is 89.3 Å². The number of anilines is 1. The molecule has 0 spiro atoms. The molecule has 0 unspecified atom stereocenters. The molecule has 10 heteroatoms. The Hall–Kier alpha value is -3.61. The van der Waals surface area contributed by atoms with Crippen LogP contribution in [0, 0.1) is 36.0 Å². The fourth-order valence-electron chi connectivity index (χ4n) is 5.40. The number of alkyl halides is 3. The second-order valence-electron chi connectivity index (χ2n) is 9.42. The average Bonchev–Trinajstić information content (AvgIpc) is 3.32. The van der Waals surface area contributed by atoms with E-state index < -0.39 is 17.3 Å². The predicted octanol–water partition coefficient (Wildman–Crippen LogP) is 3.63. The summed E-state index contributed by atoms with van der Waals surface area (Å²) in [7, 11) is 1.56. The van der Waals surface area contributed by atoms with E-state index in [1.54, 1.807) is 35.0 Å². The summed E-state index contributed by atoms with van der Waals surface area (Å²) in [6.07, 6.45) is -3.25. The van der Waals surface area contributed by atoms with Crippen LogP contribution in [0.3, 0.4) is 0 Å². The number of aryl methyl sites for hydroxylation is 1. The molecule has 2 aliphatic rings. The lowest BCUT2D eigenvalue weighted by Crippen LogP contribution is -2.43. The predicted molar refractivity (Wildman–Crippen MR) is 127 cm³/mol. The summed E-state index contributed by atoms with van der Waals surface area (Å²) in [6, 6.07) is 10.6. The van der Waals surface area contributed by atoms with Crippen LogP contribution in [-0.4, -0.2) is 54.9 Å². The quantitative estimate of drug-likeness (QED) is 0.694. The van der Waals surface area contributed by atoms with Crippen molar-refractivity contribution in [1.29, 1.82) is 5.26 Å². The first-order valence-corrected chi connectivity index (χ1v) is 11.9. The van der Waals surface area contributed by atoms with Gasteiger partial charge >= 0.3 is 6.18 Å². The second kappa shape index (κ2) is 10.2. The Morgan fingerprint density at radius 1 is 1.14 bits per heavy atom. The highest BCUT2D eigenvalue weighted by Gasteiger charge is 2.43. The minimum atomic E-state index is -4.65. The van der Waals surface area contributed by atoms with Crippen molar-refractivity contribution in [3.8, 4) is 6.07 Å². The van der Waals surface area contributed by atoms with E-state index in [4.69, 9.17) is 5.26 Å². The summed E-state index contributed by atoms with van der Waals surface area (Å²) < 4.78 is 40.5. The number of benzene rings is 1. The number of nitrogens with one attached hydrogen (secondary N) is 1. The van der Waals surface area contributed by atoms with Crippen molar-refractivity contribution in [3.63, 3.8) is 0 Å². The van der Waals surface area contributed by atoms with Crippen molar-refractivity contribution in [2.75, 3.05) is 38.1 Å². The first-order chi connectivity index (χ1) is 17.1. The van der Waals surface area contributed by atoms with Gasteiger partial charge in [-0.25, -0.2) is 4.98 Å². The normalized spacial score (nSPS) is 20.8. The molecule has 0 radical (unpaired) electrons. The van der Waals surface area contributed by atoms with E-state index in [0.717, 1.165) is 11.8 Å². The molecule has 2 amide bonds. The molecular weight excluding hydrogens is 471 g/mol. The Morgan fingerprint density at radius 3 is 2.47 bits per heavy atom. The zero-order chi connectivity index (χ0) is 26.0. The molecule has 36 heavy (non-hydrogen) atoms. The molecule has 0 saturated carbocycles. The van der Waals surface area contributed by atoms with Crippen molar-refractivity contribution in [1.82, 2.24) is 15.2 Å². The standard InChI is InChI=1S/C26H28F3N5O2/c1-16-4-3-5-23(32-16)25(36)33-10-8-17(9-11-33)20-14-34(15-21(20)24(35)31-2)19-7-6-18(13-30)22(12-19)26(27,28)29/h3-7,12,17,20-21H,8-11,14-15H2,1-2H3,(H,31,35)/t20-,21+/m0/s1. The molecule has 4 rings (SSSR count). The van der Waals surface area contributed by atoms with Crippen molar-refractivity contribution in [3.05, 3.63) is 58.9 Å². The van der Waals surface area contributed by atoms with Gasteiger partial charge in [-0.1, -0.05) is 6.07 Å². The smallest absolute Gasteiger partial charge is 0.370 e. The van der Waals surface area contributed by atoms with Crippen molar-refractivity contribution in [2.24, 2.45) is 17.8 Å². The number of nitriles is 1. The van der Waals surface area contributed by atoms with Gasteiger partial charge < -0.3 is 15.1 Å². The van der Waals surface area contributed by atoms with Gasteiger partial charge in [0.2, 0.25) is 5.91 Å². The fourth-order valence-corrected chi connectivity index (χ4v) is 5.40. The van der Waals surface area contributed by atoms with E-state index in [1.165, 1.54) is 12.1 Å². The Kier molecular flexibility index (Phi) is 7.20. The highest BCUT2D eigenvalue weighted by molar-refractivity contribution is 5.92. The maximum absolute atomic E-state index is 13.5. The molecule has 2 fully saturated rings. The van der Waals surface area contributed by atoms with Crippen molar-refractivity contribution < 1.29 is 22.8 Å². The Labute approximate surface area is 207 Å². The van der Waals surface area contributed by atoms with Gasteiger partial charge in [-0.05, 0) is 61.9 Å². The van der Waals surface area contributed by atoms with E-state index in [-0.39, 0.29) is 29.6 Å². The van der Waals surface area contributed by atoms with E-state index in [2.05, 4.69) is 10.3 Å². The van der Waals surface area contributed by atoms with Crippen molar-refractivity contribution >= 4 is 17.5 Å². The summed E-state index contributed by atoms with van der Waals surface area (Å²) in [6.45, 7) is 3.62. The van der Waals surface area contributed by atoms with Gasteiger partial charge in [0.1, 0.15) is 5.69 Å². The first-order valence-electron chi connectivity index (χ1n) is 11.9. The van der Waals surface area contributed by atoms with Gasteiger partial charge in [0.25, 0.3) is 5.91 Å². The number of hydrogen-bond acceptors (Lipinski definition) is 5. The summed E-state index contributed by atoms with van der Waals surface area (Å²) in [5, 5.41) is 11.8. The third-order valence-corrected chi connectivity index (χ3v) is 7.28. The van der Waals surface area contributed by atoms with Crippen LogP contribution in [0.4, 0.5) is 18.9 Å². The maximum Gasteiger partial charge on any atom is 0.417 e. The molecule has 3 heterocycles. The summed E-state index contributed by atoms with van der Waals surface area (Å²) >= 11 is 0. The van der Waals surface area contributed by atoms with Gasteiger partial charge in [-0.2, -0.15) is 18.4 Å². The third kappa shape index (κ3) is 5.15. The number of rotatable bonds is 4. The van der Waals surface area contributed by atoms with Crippen LogP contribution < -0.4 is 10.2 Å². The molecule has 1 aromatic heterocycles. The number of carbonyl (C=O) groups is 2. The highest BCUT2D eigenvalue weighted by Crippen LogP contribution is 2.40. The second-order valence-corrected chi connectivity index (χ2v) is 9.42. The highest BCUT2D eigenvalue weighted by atomic mass is 19.4. The molecular formula is C26H28F3N5O2. The maximum atomic E-state index is 13.5. The number of carbonyl (C=O) groups excluding carboxylic acids is 2. The van der Waals surface area contributed by atoms with Gasteiger partial charge in [0.15, 0.2) is 0 Å². The van der Waals surface area contributed by atoms with Gasteiger partial charge in [0, 0.05) is 44.6 Å². The summed E-state index contributed by atoms with van der Waals surface area (Å²) in [5.41, 5.74) is 0.122. The Bertz CT molecular complexity index is 1180. The zero-order valence-electron chi connectivity index (χ0n) is 20.2. The van der Waals surface area contributed by atoms with E-state index in [9.17, 15) is 22.8 Å². The lowest BCUT2D eigenvalue weighted by atomic mass is 9.78. The van der Waals surface area contributed by atoms with Crippen LogP contribution in [0.15, 0.2) is 36.4 Å². The minimum Gasteiger partial charge on any atom is -0.370 e. The number of likely N-dealkylation sites (tertiary alicyclic amines) is 1. The average molecular weight is 500 g/mol. The molecule has 2 aliphatic heterocycles. The molecule has 0 bridgehead atoms. The minimum absolute atomic E-state index is 0.0655. The molecule has 2 aromatic rings. The number of pyridine rings is 1. The molecule has 2 saturated heterocycles. The zero-order valence-corrected chi connectivity index (χ0v) is 20.2. The van der Waals surface area contributed by atoms with Crippen LogP contribution >= 0.6 is 0 Å². The monoisotopic (exact) mass is 499 g/mol. The lowest BCUT2D eigenvalue weighted by Gasteiger charge is -2.36. The van der Waals surface area contributed by atoms with Crippen LogP contribution in [-0.2, 0) is 11.0 Å². The Morgan fingerprint density at radius 2 is 1.86 bits per heavy atom. The molecule has 0 aliphatic carbocycles. The summed E-state index contributed by atoms with van der Waals surface area (Å²) in [4.78, 5) is 33.5. The molecule has 1 N–H and O–H groups in total. The molecule has 7 nitrogen and oxygen atoms in total. The first kappa shape index (κ1) is 25.5. The third-order valence-electron chi connectivity index (χ3n) is 7.28. The molecule has 190 valence electrons. The van der Waals surface area contributed by atoms with E-state index in [1.807, 2.05) is 13.0 Å². The van der Waals surface area contributed by atoms with Gasteiger partial charge in [-0.3, -0.25) is 9.59 Å². The fraction of sp³-hybridized carbons (Fsp3) is 0.462. The number of halogens is 3.